The predicted molar refractivity (Wildman–Crippen MR) is 348 cm³/mol. The molecule has 0 heterocycles. The second-order valence-electron chi connectivity index (χ2n) is 23.9. The molecule has 0 spiro atoms. The van der Waals surface area contributed by atoms with E-state index in [4.69, 9.17) is 13.8 Å². The maximum Gasteiger partial charge on any atom is 0.306 e. The van der Waals surface area contributed by atoms with Crippen molar-refractivity contribution in [3.63, 3.8) is 0 Å². The van der Waals surface area contributed by atoms with Crippen LogP contribution in [-0.2, 0) is 27.9 Å². The first-order valence-electron chi connectivity index (χ1n) is 33.9. The number of unbranched alkanes of at least 4 members (excludes halogenated alkanes) is 33. The number of likely N-dealkylation sites (N-methyl/N-ethyl adjacent to an activating group) is 1. The summed E-state index contributed by atoms with van der Waals surface area (Å²) in [4.78, 5) is 40.1. The summed E-state index contributed by atoms with van der Waals surface area (Å²) in [6.07, 6.45) is 79.8. The van der Waals surface area contributed by atoms with Gasteiger partial charge in [-0.1, -0.05) is 273 Å². The van der Waals surface area contributed by atoms with Crippen molar-refractivity contribution in [2.45, 2.75) is 315 Å². The van der Waals surface area contributed by atoms with Gasteiger partial charge >= 0.3 is 5.97 Å². The number of hydrogen-bond donors (Lipinski definition) is 1. The molecule has 0 saturated heterocycles. The average Bonchev–Trinajstić information content (AvgIpc) is 3.43. The SMILES string of the molecule is CC/C=C\C/C=C\C/C=C\C/C=C\C/C=C\CCCCCCCCCCCC(=O)OC(/C=C\CCCCCCCCCCC)C(COP(=O)([O-])OCC[N+](C)(C)C)NC(=O)CCCCCCCCCCC/C=C/CCCCCCCC. The van der Waals surface area contributed by atoms with Crippen LogP contribution >= 0.6 is 7.82 Å². The molecule has 0 aliphatic heterocycles. The van der Waals surface area contributed by atoms with Gasteiger partial charge in [-0.15, -0.1) is 0 Å². The molecule has 0 rings (SSSR count). The van der Waals surface area contributed by atoms with E-state index in [0.29, 0.717) is 17.4 Å². The van der Waals surface area contributed by atoms with Crippen molar-refractivity contribution in [2.75, 3.05) is 40.9 Å². The van der Waals surface area contributed by atoms with Crippen molar-refractivity contribution in [1.29, 1.82) is 0 Å². The number of carbonyl (C=O) groups is 2. The van der Waals surface area contributed by atoms with E-state index in [1.54, 1.807) is 0 Å². The number of quaternary nitrogens is 1. The molecule has 10 heteroatoms. The number of allylic oxidation sites excluding steroid dienone is 13. The molecule has 1 amide bonds. The van der Waals surface area contributed by atoms with E-state index in [0.717, 1.165) is 103 Å². The third-order valence-corrected chi connectivity index (χ3v) is 15.8. The number of ether oxygens (including phenoxy) is 1. The van der Waals surface area contributed by atoms with E-state index in [2.05, 4.69) is 99.0 Å². The van der Waals surface area contributed by atoms with Gasteiger partial charge in [0.15, 0.2) is 0 Å². The van der Waals surface area contributed by atoms with Crippen LogP contribution in [0, 0.1) is 0 Å². The lowest BCUT2D eigenvalue weighted by molar-refractivity contribution is -0.870. The third-order valence-electron chi connectivity index (χ3n) is 14.8. The fraction of sp³-hybridized carbons (Fsp3) is 0.775. The second-order valence-corrected chi connectivity index (χ2v) is 25.4. The summed E-state index contributed by atoms with van der Waals surface area (Å²) in [7, 11) is 1.18. The zero-order valence-electron chi connectivity index (χ0n) is 53.7. The second kappa shape index (κ2) is 60.3. The fourth-order valence-corrected chi connectivity index (χ4v) is 10.3. The normalized spacial score (nSPS) is 14.1. The first kappa shape index (κ1) is 78.2. The Bertz CT molecular complexity index is 1660. The highest BCUT2D eigenvalue weighted by atomic mass is 31.2. The molecule has 3 atom stereocenters. The lowest BCUT2D eigenvalue weighted by Gasteiger charge is -2.30. The molecule has 1 N–H and O–H groups in total. The Hall–Kier alpha value is -2.81. The zero-order valence-corrected chi connectivity index (χ0v) is 54.6. The minimum atomic E-state index is -4.71. The number of nitrogens with one attached hydrogen (secondary N) is 1. The molecule has 0 radical (unpaired) electrons. The van der Waals surface area contributed by atoms with Crippen molar-refractivity contribution < 1.29 is 37.3 Å². The molecule has 0 aromatic rings. The standard InChI is InChI=1S/C71H129N2O7P/c1-7-10-13-16-19-22-25-27-29-31-33-34-35-36-37-38-40-42-44-46-49-52-55-58-61-64-71(75)80-69(62-59-56-53-50-47-24-21-18-15-12-9-3)68(67-79-81(76,77)78-66-65-73(4,5)6)72-70(74)63-60-57-54-51-48-45-43-41-39-32-30-28-26-23-20-17-14-11-8-2/h10,13,19,22,27-30,33-34,36-37,59,62,68-69H,7-9,11-12,14-18,20-21,23-26,31-32,35,38-58,60-61,63-67H2,1-6H3,(H-,72,74,76,77)/b13-10-,22-19-,29-27-,30-28+,34-33-,37-36-,62-59-. The summed E-state index contributed by atoms with van der Waals surface area (Å²) >= 11 is 0. The van der Waals surface area contributed by atoms with Crippen molar-refractivity contribution in [2.24, 2.45) is 0 Å². The molecule has 3 unspecified atom stereocenters. The lowest BCUT2D eigenvalue weighted by atomic mass is 10.0. The van der Waals surface area contributed by atoms with Gasteiger partial charge in [0.2, 0.25) is 5.91 Å². The number of rotatable bonds is 61. The van der Waals surface area contributed by atoms with Crippen LogP contribution in [0.1, 0.15) is 303 Å². The quantitative estimate of drug-likeness (QED) is 0.0212. The van der Waals surface area contributed by atoms with Crippen LogP contribution < -0.4 is 10.2 Å². The maximum absolute atomic E-state index is 13.6. The predicted octanol–water partition coefficient (Wildman–Crippen LogP) is 20.7. The van der Waals surface area contributed by atoms with Gasteiger partial charge in [0, 0.05) is 12.8 Å². The van der Waals surface area contributed by atoms with Crippen LogP contribution in [0.2, 0.25) is 0 Å². The zero-order chi connectivity index (χ0) is 59.3. The Morgan fingerprint density at radius 1 is 0.444 bits per heavy atom. The number of nitrogens with zero attached hydrogens (tertiary/aromatic N) is 1. The first-order valence-corrected chi connectivity index (χ1v) is 35.4. The van der Waals surface area contributed by atoms with Gasteiger partial charge in [-0.2, -0.15) is 0 Å². The third kappa shape index (κ3) is 61.6. The van der Waals surface area contributed by atoms with Crippen molar-refractivity contribution in [1.82, 2.24) is 5.32 Å². The van der Waals surface area contributed by atoms with E-state index in [-0.39, 0.29) is 24.9 Å². The molecule has 0 fully saturated rings. The van der Waals surface area contributed by atoms with Crippen LogP contribution in [0.4, 0.5) is 0 Å². The highest BCUT2D eigenvalue weighted by Crippen LogP contribution is 2.38. The minimum Gasteiger partial charge on any atom is -0.756 e. The average molecular weight is 1150 g/mol. The molecule has 0 aliphatic carbocycles. The van der Waals surface area contributed by atoms with Crippen LogP contribution in [0.3, 0.4) is 0 Å². The summed E-state index contributed by atoms with van der Waals surface area (Å²) in [5, 5.41) is 3.03. The largest absolute Gasteiger partial charge is 0.756 e. The Labute approximate surface area is 501 Å². The minimum absolute atomic E-state index is 0.0260. The summed E-state index contributed by atoms with van der Waals surface area (Å²) < 4.78 is 30.4. The van der Waals surface area contributed by atoms with Crippen molar-refractivity contribution in [3.05, 3.63) is 85.1 Å². The van der Waals surface area contributed by atoms with Crippen LogP contribution in [0.25, 0.3) is 0 Å². The number of carbonyl (C=O) groups excluding carboxylic acids is 2. The summed E-state index contributed by atoms with van der Waals surface area (Å²) in [6.45, 7) is 6.73. The van der Waals surface area contributed by atoms with Gasteiger partial charge in [0.1, 0.15) is 19.3 Å². The monoisotopic (exact) mass is 1150 g/mol. The summed E-state index contributed by atoms with van der Waals surface area (Å²) in [5.41, 5.74) is 0. The molecule has 9 nitrogen and oxygen atoms in total. The maximum atomic E-state index is 13.6. The van der Waals surface area contributed by atoms with E-state index >= 15 is 0 Å². The molecule has 470 valence electrons. The van der Waals surface area contributed by atoms with Gasteiger partial charge in [0.05, 0.1) is 33.8 Å². The molecular weight excluding hydrogens is 1020 g/mol. The highest BCUT2D eigenvalue weighted by molar-refractivity contribution is 7.45. The molecule has 0 saturated carbocycles. The Balaban J connectivity index is 5.10. The van der Waals surface area contributed by atoms with Gasteiger partial charge in [0.25, 0.3) is 7.82 Å². The van der Waals surface area contributed by atoms with Crippen LogP contribution in [0.5, 0.6) is 0 Å². The molecule has 0 aromatic carbocycles. The van der Waals surface area contributed by atoms with E-state index in [9.17, 15) is 19.0 Å². The molecule has 0 bridgehead atoms. The smallest absolute Gasteiger partial charge is 0.306 e. The summed E-state index contributed by atoms with van der Waals surface area (Å²) in [6, 6.07) is -0.895. The van der Waals surface area contributed by atoms with Crippen molar-refractivity contribution >= 4 is 19.7 Å². The van der Waals surface area contributed by atoms with E-state index in [1.807, 2.05) is 33.3 Å². The number of hydrogen-bond acceptors (Lipinski definition) is 7. The fourth-order valence-electron chi connectivity index (χ4n) is 9.60. The Morgan fingerprint density at radius 3 is 1.20 bits per heavy atom. The number of phosphoric ester groups is 1. The summed E-state index contributed by atoms with van der Waals surface area (Å²) in [5.74, 6) is -0.547. The molecule has 81 heavy (non-hydrogen) atoms. The molecular formula is C71H129N2O7P. The highest BCUT2D eigenvalue weighted by Gasteiger charge is 2.27. The van der Waals surface area contributed by atoms with Gasteiger partial charge in [-0.05, 0) is 102 Å². The lowest BCUT2D eigenvalue weighted by Crippen LogP contribution is -2.47. The van der Waals surface area contributed by atoms with E-state index < -0.39 is 26.6 Å². The Kier molecular flexibility index (Phi) is 58.2. The molecule has 0 aliphatic rings. The number of amides is 1. The van der Waals surface area contributed by atoms with Crippen molar-refractivity contribution in [3.8, 4) is 0 Å². The topological polar surface area (TPSA) is 114 Å². The Morgan fingerprint density at radius 2 is 0.790 bits per heavy atom. The van der Waals surface area contributed by atoms with Gasteiger partial charge in [-0.25, -0.2) is 0 Å². The van der Waals surface area contributed by atoms with Gasteiger partial charge in [-0.3, -0.25) is 14.2 Å². The van der Waals surface area contributed by atoms with Crippen LogP contribution in [0.15, 0.2) is 85.1 Å². The van der Waals surface area contributed by atoms with Gasteiger partial charge < -0.3 is 28.5 Å². The first-order chi connectivity index (χ1) is 39.4. The molecule has 0 aromatic heterocycles. The number of phosphoric acid groups is 1. The van der Waals surface area contributed by atoms with E-state index in [1.165, 1.54) is 167 Å². The number of esters is 1. The van der Waals surface area contributed by atoms with Crippen LogP contribution in [-0.4, -0.2) is 69.4 Å².